The molecule has 1 amide bonds. The van der Waals surface area contributed by atoms with E-state index in [1.54, 1.807) is 18.0 Å². The van der Waals surface area contributed by atoms with Gasteiger partial charge in [0.25, 0.3) is 5.91 Å². The van der Waals surface area contributed by atoms with Gasteiger partial charge in [0, 0.05) is 13.5 Å². The van der Waals surface area contributed by atoms with Crippen LogP contribution in [0.5, 0.6) is 0 Å². The smallest absolute Gasteiger partial charge is 0.264 e. The molecule has 0 atom stereocenters. The van der Waals surface area contributed by atoms with E-state index in [2.05, 4.69) is 11.8 Å². The lowest BCUT2D eigenvalue weighted by Gasteiger charge is -2.14. The second kappa shape index (κ2) is 7.11. The number of carbonyl (C=O) groups is 1. The Morgan fingerprint density at radius 1 is 1.38 bits per heavy atom. The maximum Gasteiger partial charge on any atom is 0.264 e. The van der Waals surface area contributed by atoms with Crippen molar-refractivity contribution in [1.29, 1.82) is 0 Å². The molecule has 0 aliphatic rings. The summed E-state index contributed by atoms with van der Waals surface area (Å²) >= 11 is 1.36. The van der Waals surface area contributed by atoms with Crippen molar-refractivity contribution in [3.63, 3.8) is 0 Å². The van der Waals surface area contributed by atoms with E-state index in [4.69, 9.17) is 9.52 Å². The van der Waals surface area contributed by atoms with Crippen LogP contribution in [0.25, 0.3) is 0 Å². The summed E-state index contributed by atoms with van der Waals surface area (Å²) in [6.45, 7) is 2.37. The number of furan rings is 1. The number of amides is 1. The zero-order valence-corrected chi connectivity index (χ0v) is 12.9. The number of thiophene rings is 1. The van der Waals surface area contributed by atoms with Crippen molar-refractivity contribution >= 4 is 17.2 Å². The van der Waals surface area contributed by atoms with Gasteiger partial charge >= 0.3 is 0 Å². The molecule has 0 fully saturated rings. The van der Waals surface area contributed by atoms with Crippen LogP contribution in [-0.4, -0.2) is 29.6 Å². The van der Waals surface area contributed by atoms with E-state index in [0.29, 0.717) is 17.8 Å². The third-order valence-electron chi connectivity index (χ3n) is 2.80. The third-order valence-corrected chi connectivity index (χ3v) is 3.79. The van der Waals surface area contributed by atoms with Gasteiger partial charge in [-0.15, -0.1) is 11.3 Å². The maximum atomic E-state index is 12.3. The van der Waals surface area contributed by atoms with Crippen LogP contribution in [0.2, 0.25) is 0 Å². The standard InChI is InChI=1S/C16H17NO3S/c1-12-6-7-13(20-12)11-17(2)16(19)15-9-8-14(21-15)5-3-4-10-18/h6-9,18H,4,10-11H2,1-2H3. The van der Waals surface area contributed by atoms with Crippen LogP contribution < -0.4 is 0 Å². The fraction of sp³-hybridized carbons (Fsp3) is 0.312. The number of aliphatic hydroxyl groups is 1. The molecule has 0 unspecified atom stereocenters. The molecule has 1 N–H and O–H groups in total. The first-order chi connectivity index (χ1) is 10.1. The van der Waals surface area contributed by atoms with Crippen LogP contribution >= 0.6 is 11.3 Å². The number of hydrogen-bond acceptors (Lipinski definition) is 4. The van der Waals surface area contributed by atoms with Gasteiger partial charge in [0.05, 0.1) is 22.9 Å². The van der Waals surface area contributed by atoms with Crippen LogP contribution in [0, 0.1) is 18.8 Å². The normalized spacial score (nSPS) is 10.0. The Bertz CT molecular complexity index is 675. The predicted molar refractivity (Wildman–Crippen MR) is 82.1 cm³/mol. The minimum atomic E-state index is -0.0516. The molecule has 0 saturated heterocycles. The Morgan fingerprint density at radius 3 is 2.86 bits per heavy atom. The number of aliphatic hydroxyl groups excluding tert-OH is 1. The first kappa shape index (κ1) is 15.4. The number of nitrogens with zero attached hydrogens (tertiary/aromatic N) is 1. The summed E-state index contributed by atoms with van der Waals surface area (Å²) in [6.07, 6.45) is 0.443. The second-order valence-electron chi connectivity index (χ2n) is 4.61. The van der Waals surface area contributed by atoms with Gasteiger partial charge in [-0.3, -0.25) is 4.79 Å². The lowest BCUT2D eigenvalue weighted by Crippen LogP contribution is -2.25. The summed E-state index contributed by atoms with van der Waals surface area (Å²) in [6, 6.07) is 7.36. The Hall–Kier alpha value is -2.03. The monoisotopic (exact) mass is 303 g/mol. The number of hydrogen-bond donors (Lipinski definition) is 1. The molecule has 2 heterocycles. The summed E-state index contributed by atoms with van der Waals surface area (Å²) in [5, 5.41) is 8.68. The minimum Gasteiger partial charge on any atom is -0.464 e. The summed E-state index contributed by atoms with van der Waals surface area (Å²) in [5.41, 5.74) is 0. The summed E-state index contributed by atoms with van der Waals surface area (Å²) in [4.78, 5) is 15.4. The highest BCUT2D eigenvalue weighted by molar-refractivity contribution is 7.14. The van der Waals surface area contributed by atoms with Crippen LogP contribution in [0.4, 0.5) is 0 Å². The van der Waals surface area contributed by atoms with Crippen LogP contribution in [0.3, 0.4) is 0 Å². The Kier molecular flexibility index (Phi) is 5.20. The van der Waals surface area contributed by atoms with Gasteiger partial charge < -0.3 is 14.4 Å². The average molecular weight is 303 g/mol. The molecule has 21 heavy (non-hydrogen) atoms. The first-order valence-electron chi connectivity index (χ1n) is 6.60. The van der Waals surface area contributed by atoms with Crippen LogP contribution in [-0.2, 0) is 6.54 Å². The van der Waals surface area contributed by atoms with E-state index < -0.39 is 0 Å². The van der Waals surface area contributed by atoms with Gasteiger partial charge in [-0.25, -0.2) is 0 Å². The predicted octanol–water partition coefficient (Wildman–Crippen LogP) is 2.66. The van der Waals surface area contributed by atoms with Crippen molar-refractivity contribution in [3.8, 4) is 11.8 Å². The number of carbonyl (C=O) groups excluding carboxylic acids is 1. The molecule has 0 bridgehead atoms. The van der Waals surface area contributed by atoms with E-state index in [0.717, 1.165) is 16.4 Å². The molecule has 2 aromatic rings. The molecule has 2 aromatic heterocycles. The first-order valence-corrected chi connectivity index (χ1v) is 7.42. The highest BCUT2D eigenvalue weighted by atomic mass is 32.1. The van der Waals surface area contributed by atoms with Crippen molar-refractivity contribution in [2.45, 2.75) is 19.9 Å². The van der Waals surface area contributed by atoms with Crippen molar-refractivity contribution in [3.05, 3.63) is 45.5 Å². The lowest BCUT2D eigenvalue weighted by molar-refractivity contribution is 0.0780. The quantitative estimate of drug-likeness (QED) is 0.884. The molecular formula is C16H17NO3S. The fourth-order valence-corrected chi connectivity index (χ4v) is 2.66. The average Bonchev–Trinajstić information content (AvgIpc) is 3.08. The Balaban J connectivity index is 2.01. The van der Waals surface area contributed by atoms with Crippen LogP contribution in [0.15, 0.2) is 28.7 Å². The van der Waals surface area contributed by atoms with Crippen molar-refractivity contribution < 1.29 is 14.3 Å². The largest absolute Gasteiger partial charge is 0.464 e. The van der Waals surface area contributed by atoms with E-state index in [9.17, 15) is 4.79 Å². The molecule has 0 aliphatic carbocycles. The zero-order valence-electron chi connectivity index (χ0n) is 12.0. The van der Waals surface area contributed by atoms with E-state index in [-0.39, 0.29) is 12.5 Å². The van der Waals surface area contributed by atoms with Gasteiger partial charge in [-0.1, -0.05) is 11.8 Å². The Labute approximate surface area is 128 Å². The highest BCUT2D eigenvalue weighted by Gasteiger charge is 2.15. The molecule has 110 valence electrons. The maximum absolute atomic E-state index is 12.3. The van der Waals surface area contributed by atoms with E-state index >= 15 is 0 Å². The van der Waals surface area contributed by atoms with Gasteiger partial charge in [-0.05, 0) is 31.2 Å². The van der Waals surface area contributed by atoms with Gasteiger partial charge in [-0.2, -0.15) is 0 Å². The van der Waals surface area contributed by atoms with E-state index in [1.165, 1.54) is 11.3 Å². The summed E-state index contributed by atoms with van der Waals surface area (Å²) in [5.74, 6) is 7.33. The third kappa shape index (κ3) is 4.22. The van der Waals surface area contributed by atoms with Gasteiger partial charge in [0.1, 0.15) is 11.5 Å². The molecule has 0 saturated carbocycles. The highest BCUT2D eigenvalue weighted by Crippen LogP contribution is 2.18. The fourth-order valence-electron chi connectivity index (χ4n) is 1.79. The molecule has 0 aliphatic heterocycles. The van der Waals surface area contributed by atoms with Gasteiger partial charge in [0.2, 0.25) is 0 Å². The second-order valence-corrected chi connectivity index (χ2v) is 5.70. The summed E-state index contributed by atoms with van der Waals surface area (Å²) < 4.78 is 5.47. The number of rotatable bonds is 4. The van der Waals surface area contributed by atoms with Crippen molar-refractivity contribution in [1.82, 2.24) is 4.90 Å². The van der Waals surface area contributed by atoms with Crippen LogP contribution in [0.1, 0.15) is 32.5 Å². The SMILES string of the molecule is Cc1ccc(CN(C)C(=O)c2ccc(C#CCCO)s2)o1. The van der Waals surface area contributed by atoms with Gasteiger partial charge in [0.15, 0.2) is 0 Å². The van der Waals surface area contributed by atoms with E-state index in [1.807, 2.05) is 25.1 Å². The number of aryl methyl sites for hydroxylation is 1. The van der Waals surface area contributed by atoms with Crippen molar-refractivity contribution in [2.24, 2.45) is 0 Å². The molecule has 5 heteroatoms. The zero-order chi connectivity index (χ0) is 15.2. The molecule has 2 rings (SSSR count). The molecule has 4 nitrogen and oxygen atoms in total. The molecule has 0 spiro atoms. The van der Waals surface area contributed by atoms with Crippen molar-refractivity contribution in [2.75, 3.05) is 13.7 Å². The molecule has 0 aromatic carbocycles. The lowest BCUT2D eigenvalue weighted by atomic mass is 10.3. The topological polar surface area (TPSA) is 53.7 Å². The Morgan fingerprint density at radius 2 is 2.19 bits per heavy atom. The minimum absolute atomic E-state index is 0.0511. The molecular weight excluding hydrogens is 286 g/mol. The summed E-state index contributed by atoms with van der Waals surface area (Å²) in [7, 11) is 1.75. The molecule has 0 radical (unpaired) electrons.